The summed E-state index contributed by atoms with van der Waals surface area (Å²) in [5.41, 5.74) is 1.73. The Kier molecular flexibility index (Phi) is 4.50. The molecule has 0 radical (unpaired) electrons. The standard InChI is InChI=1S/C20H30N2O/c1-15(13-19(2,3)16-7-5-4-6-8-16)22-18(23)17-14-20(17)9-11-21-12-10-20/h4-8,15,17,21H,9-14H2,1-3H3,(H,22,23). The first-order valence-corrected chi connectivity index (χ1v) is 9.00. The van der Waals surface area contributed by atoms with Crippen LogP contribution in [0.2, 0.25) is 0 Å². The first-order valence-electron chi connectivity index (χ1n) is 9.00. The minimum Gasteiger partial charge on any atom is -0.353 e. The van der Waals surface area contributed by atoms with Crippen LogP contribution in [0.5, 0.6) is 0 Å². The number of hydrogen-bond acceptors (Lipinski definition) is 2. The lowest BCUT2D eigenvalue weighted by molar-refractivity contribution is -0.124. The van der Waals surface area contributed by atoms with Crippen LogP contribution >= 0.6 is 0 Å². The minimum atomic E-state index is 0.0734. The Bertz CT molecular complexity index is 546. The van der Waals surface area contributed by atoms with E-state index >= 15 is 0 Å². The first-order chi connectivity index (χ1) is 10.9. The van der Waals surface area contributed by atoms with Crippen molar-refractivity contribution >= 4 is 5.91 Å². The van der Waals surface area contributed by atoms with Crippen molar-refractivity contribution in [2.45, 2.75) is 57.9 Å². The molecule has 3 heteroatoms. The average molecular weight is 314 g/mol. The lowest BCUT2D eigenvalue weighted by Crippen LogP contribution is -2.40. The van der Waals surface area contributed by atoms with E-state index in [-0.39, 0.29) is 23.3 Å². The second kappa shape index (κ2) is 6.27. The maximum Gasteiger partial charge on any atom is 0.223 e. The summed E-state index contributed by atoms with van der Waals surface area (Å²) in [6, 6.07) is 10.8. The zero-order valence-corrected chi connectivity index (χ0v) is 14.7. The van der Waals surface area contributed by atoms with Crippen molar-refractivity contribution in [3.05, 3.63) is 35.9 Å². The molecule has 23 heavy (non-hydrogen) atoms. The predicted molar refractivity (Wildman–Crippen MR) is 94.3 cm³/mol. The number of piperidine rings is 1. The Balaban J connectivity index is 1.53. The molecule has 3 rings (SSSR count). The summed E-state index contributed by atoms with van der Waals surface area (Å²) in [6.07, 6.45) is 4.38. The fraction of sp³-hybridized carbons (Fsp3) is 0.650. The summed E-state index contributed by atoms with van der Waals surface area (Å²) in [5, 5.41) is 6.68. The Morgan fingerprint density at radius 2 is 1.96 bits per heavy atom. The molecule has 0 aromatic heterocycles. The maximum atomic E-state index is 12.6. The van der Waals surface area contributed by atoms with Crippen molar-refractivity contribution in [3.63, 3.8) is 0 Å². The van der Waals surface area contributed by atoms with Crippen molar-refractivity contribution in [2.24, 2.45) is 11.3 Å². The topological polar surface area (TPSA) is 41.1 Å². The largest absolute Gasteiger partial charge is 0.353 e. The molecule has 3 nitrogen and oxygen atoms in total. The maximum absolute atomic E-state index is 12.6. The van der Waals surface area contributed by atoms with Crippen LogP contribution in [0.3, 0.4) is 0 Å². The van der Waals surface area contributed by atoms with Gasteiger partial charge in [0.05, 0.1) is 0 Å². The van der Waals surface area contributed by atoms with Crippen molar-refractivity contribution in [2.75, 3.05) is 13.1 Å². The van der Waals surface area contributed by atoms with Crippen molar-refractivity contribution in [1.29, 1.82) is 0 Å². The van der Waals surface area contributed by atoms with Gasteiger partial charge in [-0.1, -0.05) is 44.2 Å². The number of nitrogens with one attached hydrogen (secondary N) is 2. The third-order valence-electron chi connectivity index (χ3n) is 5.87. The van der Waals surface area contributed by atoms with E-state index in [1.165, 1.54) is 5.56 Å². The quantitative estimate of drug-likeness (QED) is 0.876. The molecular formula is C20H30N2O. The molecule has 1 aromatic rings. The highest BCUT2D eigenvalue weighted by atomic mass is 16.2. The SMILES string of the molecule is CC(CC(C)(C)c1ccccc1)NC(=O)C1CC12CCNCC2. The van der Waals surface area contributed by atoms with Crippen LogP contribution in [0.1, 0.15) is 52.0 Å². The summed E-state index contributed by atoms with van der Waals surface area (Å²) in [5.74, 6) is 0.537. The molecule has 2 atom stereocenters. The minimum absolute atomic E-state index is 0.0734. The fourth-order valence-electron chi connectivity index (χ4n) is 4.36. The molecule has 1 aromatic carbocycles. The van der Waals surface area contributed by atoms with Gasteiger partial charge in [-0.05, 0) is 62.1 Å². The molecule has 2 fully saturated rings. The Labute approximate surface area is 140 Å². The van der Waals surface area contributed by atoms with E-state index in [2.05, 4.69) is 61.7 Å². The molecule has 1 aliphatic heterocycles. The molecule has 1 spiro atoms. The molecule has 1 saturated carbocycles. The normalized spacial score (nSPS) is 24.2. The van der Waals surface area contributed by atoms with Gasteiger partial charge in [0.25, 0.3) is 0 Å². The third-order valence-corrected chi connectivity index (χ3v) is 5.87. The zero-order valence-electron chi connectivity index (χ0n) is 14.7. The highest BCUT2D eigenvalue weighted by Crippen LogP contribution is 2.58. The van der Waals surface area contributed by atoms with Gasteiger partial charge < -0.3 is 10.6 Å². The van der Waals surface area contributed by atoms with Crippen LogP contribution in [0.25, 0.3) is 0 Å². The van der Waals surface area contributed by atoms with Crippen LogP contribution in [-0.2, 0) is 10.2 Å². The number of rotatable bonds is 5. The van der Waals surface area contributed by atoms with E-state index in [0.29, 0.717) is 5.41 Å². The van der Waals surface area contributed by atoms with E-state index in [1.807, 2.05) is 0 Å². The summed E-state index contributed by atoms with van der Waals surface area (Å²) in [6.45, 7) is 8.80. The lowest BCUT2D eigenvalue weighted by atomic mass is 9.79. The molecule has 1 amide bonds. The second-order valence-corrected chi connectivity index (χ2v) is 8.23. The monoisotopic (exact) mass is 314 g/mol. The highest BCUT2D eigenvalue weighted by Gasteiger charge is 2.57. The van der Waals surface area contributed by atoms with Gasteiger partial charge in [-0.15, -0.1) is 0 Å². The summed E-state index contributed by atoms with van der Waals surface area (Å²) >= 11 is 0. The van der Waals surface area contributed by atoms with E-state index in [4.69, 9.17) is 0 Å². The number of amides is 1. The Hall–Kier alpha value is -1.35. The van der Waals surface area contributed by atoms with Crippen LogP contribution < -0.4 is 10.6 Å². The van der Waals surface area contributed by atoms with Gasteiger partial charge in [0.2, 0.25) is 5.91 Å². The molecule has 1 aliphatic carbocycles. The van der Waals surface area contributed by atoms with Crippen molar-refractivity contribution in [1.82, 2.24) is 10.6 Å². The zero-order chi connectivity index (χ0) is 16.5. The van der Waals surface area contributed by atoms with Gasteiger partial charge >= 0.3 is 0 Å². The fourth-order valence-corrected chi connectivity index (χ4v) is 4.36. The Morgan fingerprint density at radius 3 is 2.61 bits per heavy atom. The van der Waals surface area contributed by atoms with Gasteiger partial charge in [0.15, 0.2) is 0 Å². The Morgan fingerprint density at radius 1 is 1.30 bits per heavy atom. The summed E-state index contributed by atoms with van der Waals surface area (Å²) in [7, 11) is 0. The van der Waals surface area contributed by atoms with Gasteiger partial charge in [-0.25, -0.2) is 0 Å². The number of hydrogen-bond donors (Lipinski definition) is 2. The third kappa shape index (κ3) is 3.60. The van der Waals surface area contributed by atoms with Gasteiger partial charge in [-0.3, -0.25) is 4.79 Å². The van der Waals surface area contributed by atoms with E-state index < -0.39 is 0 Å². The molecule has 2 aliphatic rings. The van der Waals surface area contributed by atoms with E-state index in [0.717, 1.165) is 38.8 Å². The summed E-state index contributed by atoms with van der Waals surface area (Å²) in [4.78, 5) is 12.6. The molecule has 2 N–H and O–H groups in total. The smallest absolute Gasteiger partial charge is 0.223 e. The van der Waals surface area contributed by atoms with Gasteiger partial charge in [-0.2, -0.15) is 0 Å². The number of carbonyl (C=O) groups excluding carboxylic acids is 1. The van der Waals surface area contributed by atoms with Crippen LogP contribution in [0.15, 0.2) is 30.3 Å². The van der Waals surface area contributed by atoms with Gasteiger partial charge in [0.1, 0.15) is 0 Å². The highest BCUT2D eigenvalue weighted by molar-refractivity contribution is 5.82. The van der Waals surface area contributed by atoms with Crippen molar-refractivity contribution < 1.29 is 4.79 Å². The molecule has 126 valence electrons. The second-order valence-electron chi connectivity index (χ2n) is 8.23. The molecular weight excluding hydrogens is 284 g/mol. The lowest BCUT2D eigenvalue weighted by Gasteiger charge is -2.29. The van der Waals surface area contributed by atoms with E-state index in [9.17, 15) is 4.79 Å². The van der Waals surface area contributed by atoms with Crippen LogP contribution in [-0.4, -0.2) is 25.0 Å². The molecule has 1 saturated heterocycles. The summed E-state index contributed by atoms with van der Waals surface area (Å²) < 4.78 is 0. The van der Waals surface area contributed by atoms with Crippen LogP contribution in [0, 0.1) is 11.3 Å². The van der Waals surface area contributed by atoms with Crippen molar-refractivity contribution in [3.8, 4) is 0 Å². The molecule has 1 heterocycles. The molecule has 0 bridgehead atoms. The first kappa shape index (κ1) is 16.5. The number of carbonyl (C=O) groups is 1. The number of benzene rings is 1. The average Bonchev–Trinajstić information content (AvgIpc) is 3.21. The molecule has 2 unspecified atom stereocenters. The van der Waals surface area contributed by atoms with Crippen LogP contribution in [0.4, 0.5) is 0 Å². The van der Waals surface area contributed by atoms with Gasteiger partial charge in [0, 0.05) is 12.0 Å². The predicted octanol–water partition coefficient (Wildman–Crippen LogP) is 3.25. The van der Waals surface area contributed by atoms with E-state index in [1.54, 1.807) is 0 Å².